The topological polar surface area (TPSA) is 59.1 Å². The summed E-state index contributed by atoms with van der Waals surface area (Å²) in [6, 6.07) is 9.33. The highest BCUT2D eigenvalue weighted by Crippen LogP contribution is 2.34. The van der Waals surface area contributed by atoms with Crippen molar-refractivity contribution in [1.29, 1.82) is 0 Å². The first-order valence-corrected chi connectivity index (χ1v) is 8.60. The normalized spacial score (nSPS) is 17.1. The quantitative estimate of drug-likeness (QED) is 0.869. The molecule has 110 valence electrons. The lowest BCUT2D eigenvalue weighted by Gasteiger charge is -2.30. The summed E-state index contributed by atoms with van der Waals surface area (Å²) in [5.41, 5.74) is 2.48. The molecule has 0 amide bonds. The fourth-order valence-corrected chi connectivity index (χ4v) is 3.78. The molecule has 0 spiro atoms. The third-order valence-electron chi connectivity index (χ3n) is 3.56. The monoisotopic (exact) mass is 342 g/mol. The molecule has 0 bridgehead atoms. The van der Waals surface area contributed by atoms with Crippen LogP contribution in [0.1, 0.15) is 17.0 Å². The zero-order chi connectivity index (χ0) is 15.0. The molecule has 1 N–H and O–H groups in total. The van der Waals surface area contributed by atoms with Crippen LogP contribution in [0, 0.1) is 0 Å². The number of sulfonamides is 1. The van der Waals surface area contributed by atoms with Gasteiger partial charge in [0.1, 0.15) is 10.0 Å². The molecule has 2 aromatic rings. The lowest BCUT2D eigenvalue weighted by molar-refractivity contribution is 0.552. The Balaban J connectivity index is 1.72. The van der Waals surface area contributed by atoms with Gasteiger partial charge in [-0.15, -0.1) is 0 Å². The molecule has 7 heteroatoms. The number of hydrogen-bond acceptors (Lipinski definition) is 3. The molecule has 0 radical (unpaired) electrons. The predicted octanol–water partition coefficient (Wildman–Crippen LogP) is 3.01. The molecule has 1 heterocycles. The van der Waals surface area contributed by atoms with Crippen LogP contribution in [0.4, 0.5) is 0 Å². The molecule has 0 fully saturated rings. The van der Waals surface area contributed by atoms with Crippen molar-refractivity contribution in [3.63, 3.8) is 0 Å². The maximum absolute atomic E-state index is 12.2. The Labute approximate surface area is 133 Å². The van der Waals surface area contributed by atoms with Crippen molar-refractivity contribution in [2.24, 2.45) is 0 Å². The third-order valence-corrected chi connectivity index (χ3v) is 5.64. The molecule has 0 saturated heterocycles. The van der Waals surface area contributed by atoms with Gasteiger partial charge in [-0.05, 0) is 23.6 Å². The first kappa shape index (κ1) is 14.8. The van der Waals surface area contributed by atoms with Gasteiger partial charge in [0.15, 0.2) is 0 Å². The second kappa shape index (κ2) is 5.57. The van der Waals surface area contributed by atoms with E-state index in [4.69, 9.17) is 23.2 Å². The number of nitrogens with zero attached hydrogens (tertiary/aromatic N) is 1. The average Bonchev–Trinajstić information content (AvgIpc) is 2.42. The molecule has 1 aromatic heterocycles. The minimum atomic E-state index is -3.63. The van der Waals surface area contributed by atoms with Crippen molar-refractivity contribution in [2.75, 3.05) is 6.54 Å². The highest BCUT2D eigenvalue weighted by Gasteiger charge is 2.27. The minimum absolute atomic E-state index is 0.0181. The molecule has 4 nitrogen and oxygen atoms in total. The highest BCUT2D eigenvalue weighted by molar-refractivity contribution is 7.89. The van der Waals surface area contributed by atoms with Crippen LogP contribution >= 0.6 is 23.2 Å². The smallest absolute Gasteiger partial charge is 0.242 e. The van der Waals surface area contributed by atoms with E-state index in [0.29, 0.717) is 6.54 Å². The molecule has 1 atom stereocenters. The highest BCUT2D eigenvalue weighted by atomic mass is 35.5. The maximum atomic E-state index is 12.2. The van der Waals surface area contributed by atoms with Crippen LogP contribution in [0.2, 0.25) is 10.2 Å². The Hall–Kier alpha value is -1.14. The van der Waals surface area contributed by atoms with Crippen molar-refractivity contribution >= 4 is 33.2 Å². The standard InChI is InChI=1S/C14H12Cl2N2O2S/c15-13-6-11(8-17-14(13)16)21(19,20)18-7-10-5-9-3-1-2-4-12(9)10/h1-4,6,8,10,18H,5,7H2/t10-/m0/s1. The number of hydrogen-bond donors (Lipinski definition) is 1. The van der Waals surface area contributed by atoms with E-state index in [1.807, 2.05) is 18.2 Å². The molecule has 3 rings (SSSR count). The second-order valence-corrected chi connectivity index (χ2v) is 7.43. The zero-order valence-corrected chi connectivity index (χ0v) is 13.2. The summed E-state index contributed by atoms with van der Waals surface area (Å²) < 4.78 is 27.0. The molecule has 0 aliphatic heterocycles. The maximum Gasteiger partial charge on any atom is 0.242 e. The third kappa shape index (κ3) is 2.92. The zero-order valence-electron chi connectivity index (χ0n) is 10.9. The van der Waals surface area contributed by atoms with Gasteiger partial charge in [0, 0.05) is 18.7 Å². The molecular weight excluding hydrogens is 331 g/mol. The summed E-state index contributed by atoms with van der Waals surface area (Å²) >= 11 is 11.5. The Bertz CT molecular complexity index is 793. The average molecular weight is 343 g/mol. The Morgan fingerprint density at radius 1 is 1.29 bits per heavy atom. The lowest BCUT2D eigenvalue weighted by Crippen LogP contribution is -2.33. The summed E-state index contributed by atoms with van der Waals surface area (Å²) in [5, 5.41) is 0.206. The number of benzene rings is 1. The van der Waals surface area contributed by atoms with Crippen LogP contribution in [0.3, 0.4) is 0 Å². The van der Waals surface area contributed by atoms with Crippen LogP contribution in [0.5, 0.6) is 0 Å². The van der Waals surface area contributed by atoms with E-state index in [0.717, 1.165) is 6.42 Å². The van der Waals surface area contributed by atoms with Crippen LogP contribution < -0.4 is 4.72 Å². The number of pyridine rings is 1. The molecule has 1 aromatic carbocycles. The van der Waals surface area contributed by atoms with Crippen molar-refractivity contribution in [3.8, 4) is 0 Å². The van der Waals surface area contributed by atoms with Gasteiger partial charge in [-0.1, -0.05) is 47.5 Å². The minimum Gasteiger partial charge on any atom is -0.242 e. The van der Waals surface area contributed by atoms with Gasteiger partial charge in [-0.2, -0.15) is 0 Å². The van der Waals surface area contributed by atoms with E-state index in [2.05, 4.69) is 15.8 Å². The summed E-state index contributed by atoms with van der Waals surface area (Å²) in [5.74, 6) is 0.215. The lowest BCUT2D eigenvalue weighted by atomic mass is 9.78. The molecule has 1 aliphatic carbocycles. The summed E-state index contributed by atoms with van der Waals surface area (Å²) in [6.45, 7) is 0.361. The van der Waals surface area contributed by atoms with Crippen LogP contribution in [0.25, 0.3) is 0 Å². The van der Waals surface area contributed by atoms with E-state index in [1.54, 1.807) is 0 Å². The van der Waals surface area contributed by atoms with Gasteiger partial charge < -0.3 is 0 Å². The van der Waals surface area contributed by atoms with E-state index >= 15 is 0 Å². The van der Waals surface area contributed by atoms with Crippen molar-refractivity contribution in [3.05, 3.63) is 57.8 Å². The summed E-state index contributed by atoms with van der Waals surface area (Å²) in [7, 11) is -3.63. The fourth-order valence-electron chi connectivity index (χ4n) is 2.39. The molecule has 0 saturated carbocycles. The van der Waals surface area contributed by atoms with Crippen molar-refractivity contribution in [2.45, 2.75) is 17.2 Å². The number of rotatable bonds is 4. The van der Waals surface area contributed by atoms with Crippen LogP contribution in [-0.2, 0) is 16.4 Å². The molecule has 21 heavy (non-hydrogen) atoms. The molecule has 1 aliphatic rings. The van der Waals surface area contributed by atoms with E-state index in [1.165, 1.54) is 23.4 Å². The van der Waals surface area contributed by atoms with Gasteiger partial charge in [0.2, 0.25) is 10.0 Å². The van der Waals surface area contributed by atoms with Crippen molar-refractivity contribution in [1.82, 2.24) is 9.71 Å². The van der Waals surface area contributed by atoms with Gasteiger partial charge in [0.05, 0.1) is 5.02 Å². The van der Waals surface area contributed by atoms with Gasteiger partial charge in [0.25, 0.3) is 0 Å². The fraction of sp³-hybridized carbons (Fsp3) is 0.214. The summed E-state index contributed by atoms with van der Waals surface area (Å²) in [6.07, 6.45) is 2.09. The van der Waals surface area contributed by atoms with Gasteiger partial charge >= 0.3 is 0 Å². The summed E-state index contributed by atoms with van der Waals surface area (Å²) in [4.78, 5) is 3.77. The van der Waals surface area contributed by atoms with Gasteiger partial charge in [-0.3, -0.25) is 0 Å². The largest absolute Gasteiger partial charge is 0.242 e. The second-order valence-electron chi connectivity index (χ2n) is 4.90. The number of fused-ring (bicyclic) bond motifs is 1. The van der Waals surface area contributed by atoms with E-state index in [-0.39, 0.29) is 21.0 Å². The number of halogens is 2. The molecule has 0 unspecified atom stereocenters. The first-order valence-electron chi connectivity index (χ1n) is 6.36. The SMILES string of the molecule is O=S(=O)(NC[C@@H]1Cc2ccccc21)c1cnc(Cl)c(Cl)c1. The first-order chi connectivity index (χ1) is 9.97. The van der Waals surface area contributed by atoms with Gasteiger partial charge in [-0.25, -0.2) is 18.1 Å². The Morgan fingerprint density at radius 3 is 2.76 bits per heavy atom. The number of aromatic nitrogens is 1. The van der Waals surface area contributed by atoms with E-state index in [9.17, 15) is 8.42 Å². The Kier molecular flexibility index (Phi) is 3.92. The molecular formula is C14H12Cl2N2O2S. The van der Waals surface area contributed by atoms with Crippen LogP contribution in [0.15, 0.2) is 41.4 Å². The predicted molar refractivity (Wildman–Crippen MR) is 82.3 cm³/mol. The number of nitrogens with one attached hydrogen (secondary N) is 1. The van der Waals surface area contributed by atoms with Crippen molar-refractivity contribution < 1.29 is 8.42 Å². The Morgan fingerprint density at radius 2 is 2.05 bits per heavy atom. The van der Waals surface area contributed by atoms with E-state index < -0.39 is 10.0 Å². The van der Waals surface area contributed by atoms with Crippen LogP contribution in [-0.4, -0.2) is 19.9 Å².